The molecule has 18 heavy (non-hydrogen) atoms. The fourth-order valence-corrected chi connectivity index (χ4v) is 2.94. The third-order valence-corrected chi connectivity index (χ3v) is 4.26. The van der Waals surface area contributed by atoms with E-state index in [0.717, 1.165) is 6.42 Å². The minimum atomic E-state index is -0.0670. The first-order chi connectivity index (χ1) is 8.66. The van der Waals surface area contributed by atoms with E-state index in [1.54, 1.807) is 0 Å². The molecule has 1 amide bonds. The Balaban J connectivity index is 1.73. The molecule has 2 heterocycles. The highest BCUT2D eigenvalue weighted by Crippen LogP contribution is 2.17. The minimum Gasteiger partial charge on any atom is -0.375 e. The number of rotatable bonds is 4. The van der Waals surface area contributed by atoms with Crippen LogP contribution in [0, 0.1) is 0 Å². The number of carbonyl (C=O) groups is 1. The average molecular weight is 268 g/mol. The Hall–Kier alpha value is -1.14. The number of hydrogen-bond donors (Lipinski definition) is 2. The van der Waals surface area contributed by atoms with Crippen molar-refractivity contribution in [2.24, 2.45) is 0 Å². The molecule has 0 aromatic carbocycles. The normalized spacial score (nSPS) is 20.8. The summed E-state index contributed by atoms with van der Waals surface area (Å²) in [6, 6.07) is 0.602. The van der Waals surface area contributed by atoms with Gasteiger partial charge in [-0.1, -0.05) is 17.8 Å². The smallest absolute Gasteiger partial charge is 0.263 e. The summed E-state index contributed by atoms with van der Waals surface area (Å²) >= 11 is 1.23. The van der Waals surface area contributed by atoms with E-state index in [2.05, 4.69) is 22.2 Å². The lowest BCUT2D eigenvalue weighted by molar-refractivity contribution is 0.0949. The molecule has 0 radical (unpaired) electrons. The first-order valence-corrected chi connectivity index (χ1v) is 7.18. The van der Waals surface area contributed by atoms with Crippen LogP contribution in [0.25, 0.3) is 0 Å². The van der Waals surface area contributed by atoms with Gasteiger partial charge in [-0.15, -0.1) is 0 Å². The van der Waals surface area contributed by atoms with Crippen LogP contribution in [0.15, 0.2) is 6.20 Å². The van der Waals surface area contributed by atoms with E-state index in [1.807, 2.05) is 0 Å². The number of nitrogens with two attached hydrogens (primary N) is 1. The van der Waals surface area contributed by atoms with Gasteiger partial charge in [0.2, 0.25) is 0 Å². The van der Waals surface area contributed by atoms with Gasteiger partial charge in [-0.05, 0) is 32.9 Å². The molecular weight excluding hydrogens is 248 g/mol. The molecule has 0 aliphatic carbocycles. The summed E-state index contributed by atoms with van der Waals surface area (Å²) in [6.07, 6.45) is 6.37. The van der Waals surface area contributed by atoms with Crippen LogP contribution in [0.2, 0.25) is 0 Å². The summed E-state index contributed by atoms with van der Waals surface area (Å²) in [5.74, 6) is -0.0670. The van der Waals surface area contributed by atoms with Crippen molar-refractivity contribution in [2.75, 3.05) is 25.9 Å². The second kappa shape index (κ2) is 6.15. The quantitative estimate of drug-likeness (QED) is 0.864. The minimum absolute atomic E-state index is 0.0670. The SMILES string of the molecule is CN1CCCC[C@H]1CCNC(=O)c1cnc(N)s1. The Kier molecular flexibility index (Phi) is 4.54. The van der Waals surface area contributed by atoms with Crippen LogP contribution in [0.3, 0.4) is 0 Å². The van der Waals surface area contributed by atoms with Crippen LogP contribution >= 0.6 is 11.3 Å². The number of anilines is 1. The van der Waals surface area contributed by atoms with Crippen LogP contribution in [0.5, 0.6) is 0 Å². The number of aromatic nitrogens is 1. The number of likely N-dealkylation sites (tertiary alicyclic amines) is 1. The van der Waals surface area contributed by atoms with Crippen molar-refractivity contribution in [3.05, 3.63) is 11.1 Å². The fraction of sp³-hybridized carbons (Fsp3) is 0.667. The van der Waals surface area contributed by atoms with Crippen LogP contribution in [-0.4, -0.2) is 42.0 Å². The largest absolute Gasteiger partial charge is 0.375 e. The zero-order valence-electron chi connectivity index (χ0n) is 10.7. The summed E-state index contributed by atoms with van der Waals surface area (Å²) < 4.78 is 0. The van der Waals surface area contributed by atoms with Crippen molar-refractivity contribution < 1.29 is 4.79 Å². The van der Waals surface area contributed by atoms with E-state index in [4.69, 9.17) is 5.73 Å². The molecule has 0 unspecified atom stereocenters. The first kappa shape index (κ1) is 13.3. The van der Waals surface area contributed by atoms with E-state index in [-0.39, 0.29) is 5.91 Å². The number of piperidine rings is 1. The highest BCUT2D eigenvalue weighted by Gasteiger charge is 2.18. The molecule has 2 rings (SSSR count). The van der Waals surface area contributed by atoms with Gasteiger partial charge in [0.25, 0.3) is 5.91 Å². The first-order valence-electron chi connectivity index (χ1n) is 6.36. The van der Waals surface area contributed by atoms with Gasteiger partial charge in [0, 0.05) is 12.6 Å². The molecule has 1 fully saturated rings. The standard InChI is InChI=1S/C12H20N4OS/c1-16-7-3-2-4-9(16)5-6-14-11(17)10-8-15-12(13)18-10/h8-9H,2-7H2,1H3,(H2,13,15)(H,14,17)/t9-/m0/s1. The summed E-state index contributed by atoms with van der Waals surface area (Å²) in [7, 11) is 2.16. The van der Waals surface area contributed by atoms with Gasteiger partial charge in [-0.2, -0.15) is 0 Å². The van der Waals surface area contributed by atoms with Crippen molar-refractivity contribution in [1.82, 2.24) is 15.2 Å². The third-order valence-electron chi connectivity index (χ3n) is 3.43. The number of thiazole rings is 1. The summed E-state index contributed by atoms with van der Waals surface area (Å²) in [5, 5.41) is 3.37. The number of amides is 1. The molecule has 100 valence electrons. The summed E-state index contributed by atoms with van der Waals surface area (Å²) in [6.45, 7) is 1.88. The number of hydrogen-bond acceptors (Lipinski definition) is 5. The van der Waals surface area contributed by atoms with E-state index < -0.39 is 0 Å². The molecule has 5 nitrogen and oxygen atoms in total. The molecule has 0 bridgehead atoms. The van der Waals surface area contributed by atoms with Crippen LogP contribution < -0.4 is 11.1 Å². The van der Waals surface area contributed by atoms with Crippen molar-refractivity contribution in [1.29, 1.82) is 0 Å². The molecule has 3 N–H and O–H groups in total. The van der Waals surface area contributed by atoms with Gasteiger partial charge in [-0.3, -0.25) is 4.79 Å². The molecule has 1 aromatic rings. The fourth-order valence-electron chi connectivity index (χ4n) is 2.34. The Morgan fingerprint density at radius 2 is 2.50 bits per heavy atom. The number of carbonyl (C=O) groups excluding carboxylic acids is 1. The summed E-state index contributed by atoms with van der Waals surface area (Å²) in [5.41, 5.74) is 5.50. The Labute approximate surface area is 111 Å². The van der Waals surface area contributed by atoms with E-state index >= 15 is 0 Å². The maximum absolute atomic E-state index is 11.8. The number of nitrogens with zero attached hydrogens (tertiary/aromatic N) is 2. The number of nitrogen functional groups attached to an aromatic ring is 1. The van der Waals surface area contributed by atoms with Crippen molar-refractivity contribution in [3.8, 4) is 0 Å². The Bertz CT molecular complexity index is 407. The second-order valence-electron chi connectivity index (χ2n) is 4.74. The molecule has 1 aliphatic heterocycles. The van der Waals surface area contributed by atoms with Crippen molar-refractivity contribution in [3.63, 3.8) is 0 Å². The Morgan fingerprint density at radius 1 is 1.67 bits per heavy atom. The van der Waals surface area contributed by atoms with E-state index in [1.165, 1.54) is 43.3 Å². The zero-order valence-corrected chi connectivity index (χ0v) is 11.5. The van der Waals surface area contributed by atoms with Gasteiger partial charge < -0.3 is 16.0 Å². The van der Waals surface area contributed by atoms with Crippen molar-refractivity contribution in [2.45, 2.75) is 31.7 Å². The highest BCUT2D eigenvalue weighted by molar-refractivity contribution is 7.17. The molecule has 6 heteroatoms. The third kappa shape index (κ3) is 3.43. The predicted molar refractivity (Wildman–Crippen MR) is 73.7 cm³/mol. The maximum atomic E-state index is 11.8. The molecule has 0 spiro atoms. The van der Waals surface area contributed by atoms with Crippen molar-refractivity contribution >= 4 is 22.4 Å². The van der Waals surface area contributed by atoms with E-state index in [0.29, 0.717) is 22.6 Å². The average Bonchev–Trinajstić information content (AvgIpc) is 2.78. The number of nitrogens with one attached hydrogen (secondary N) is 1. The second-order valence-corrected chi connectivity index (χ2v) is 5.80. The van der Waals surface area contributed by atoms with Crippen LogP contribution in [-0.2, 0) is 0 Å². The topological polar surface area (TPSA) is 71.2 Å². The summed E-state index contributed by atoms with van der Waals surface area (Å²) in [4.78, 5) is 18.6. The van der Waals surface area contributed by atoms with Gasteiger partial charge in [0.1, 0.15) is 4.88 Å². The van der Waals surface area contributed by atoms with Gasteiger partial charge in [-0.25, -0.2) is 4.98 Å². The van der Waals surface area contributed by atoms with Gasteiger partial charge >= 0.3 is 0 Å². The lowest BCUT2D eigenvalue weighted by Gasteiger charge is -2.32. The predicted octanol–water partition coefficient (Wildman–Crippen LogP) is 1.33. The highest BCUT2D eigenvalue weighted by atomic mass is 32.1. The molecule has 1 aromatic heterocycles. The lowest BCUT2D eigenvalue weighted by atomic mass is 10.0. The maximum Gasteiger partial charge on any atom is 0.263 e. The lowest BCUT2D eigenvalue weighted by Crippen LogP contribution is -2.38. The van der Waals surface area contributed by atoms with Gasteiger partial charge in [0.15, 0.2) is 5.13 Å². The zero-order chi connectivity index (χ0) is 13.0. The molecule has 1 aliphatic rings. The monoisotopic (exact) mass is 268 g/mol. The Morgan fingerprint density at radius 3 is 3.17 bits per heavy atom. The van der Waals surface area contributed by atoms with Gasteiger partial charge in [0.05, 0.1) is 6.20 Å². The van der Waals surface area contributed by atoms with Crippen LogP contribution in [0.1, 0.15) is 35.4 Å². The molecule has 0 saturated carbocycles. The molecular formula is C12H20N4OS. The molecule has 1 saturated heterocycles. The molecule has 1 atom stereocenters. The van der Waals surface area contributed by atoms with E-state index in [9.17, 15) is 4.79 Å². The van der Waals surface area contributed by atoms with Crippen LogP contribution in [0.4, 0.5) is 5.13 Å².